The maximum Gasteiger partial charge on any atom is 0.335 e. The average Bonchev–Trinajstić information content (AvgIpc) is 1.99. The number of benzene rings is 1. The number of hydrogen-bond acceptors (Lipinski definition) is 4. The fraction of sp³-hybridized carbons (Fsp3) is 0. The van der Waals surface area contributed by atoms with Gasteiger partial charge in [-0.1, -0.05) is 0 Å². The summed E-state index contributed by atoms with van der Waals surface area (Å²) in [6.07, 6.45) is 0. The van der Waals surface area contributed by atoms with E-state index in [0.29, 0.717) is 0 Å². The summed E-state index contributed by atoms with van der Waals surface area (Å²) in [4.78, 5) is 10.3. The first kappa shape index (κ1) is 16.2. The van der Waals surface area contributed by atoms with Gasteiger partial charge in [0.05, 0.1) is 5.56 Å². The van der Waals surface area contributed by atoms with E-state index in [9.17, 15) is 4.79 Å². The van der Waals surface area contributed by atoms with Crippen molar-refractivity contribution in [1.82, 2.24) is 0 Å². The van der Waals surface area contributed by atoms with Crippen molar-refractivity contribution < 1.29 is 57.9 Å². The Hall–Kier alpha value is -0.274. The van der Waals surface area contributed by atoms with E-state index in [-0.39, 0.29) is 55.6 Å². The molecule has 14 heavy (non-hydrogen) atoms. The number of aromatic hydroxyl groups is 3. The fourth-order valence-electron chi connectivity index (χ4n) is 0.728. The van der Waals surface area contributed by atoms with E-state index in [2.05, 4.69) is 0 Å². The van der Waals surface area contributed by atoms with Gasteiger partial charge in [0.1, 0.15) is 0 Å². The molecule has 1 aromatic rings. The zero-order chi connectivity index (χ0) is 9.30. The number of phenolic OH excluding ortho intramolecular Hbond substituents is 3. The summed E-state index contributed by atoms with van der Waals surface area (Å²) in [5, 5.41) is 35.0. The minimum absolute atomic E-state index is 0. The molecule has 0 saturated carbocycles. The average molecular weight is 289 g/mol. The summed E-state index contributed by atoms with van der Waals surface area (Å²) >= 11 is 0. The first-order chi connectivity index (χ1) is 5.52. The molecule has 0 spiro atoms. The molecule has 0 bridgehead atoms. The quantitative estimate of drug-likeness (QED) is 0.405. The second kappa shape index (κ2) is 6.26. The summed E-state index contributed by atoms with van der Waals surface area (Å²) < 4.78 is 0. The first-order valence-electron chi connectivity index (χ1n) is 3.00. The molecule has 0 amide bonds. The molecule has 0 unspecified atom stereocenters. The van der Waals surface area contributed by atoms with Gasteiger partial charge in [-0.3, -0.25) is 0 Å². The van der Waals surface area contributed by atoms with Crippen molar-refractivity contribution in [3.8, 4) is 17.2 Å². The normalized spacial score (nSPS) is 8.29. The molecule has 0 atom stereocenters. The van der Waals surface area contributed by atoms with Crippen molar-refractivity contribution in [1.29, 1.82) is 0 Å². The summed E-state index contributed by atoms with van der Waals surface area (Å²) in [7, 11) is 0. The number of hydrogen-bond donors (Lipinski definition) is 4. The van der Waals surface area contributed by atoms with Crippen LogP contribution >= 0.6 is 0 Å². The van der Waals surface area contributed by atoms with E-state index in [1.54, 1.807) is 0 Å². The fourth-order valence-corrected chi connectivity index (χ4v) is 0.728. The number of carboxylic acids is 1. The van der Waals surface area contributed by atoms with E-state index in [0.717, 1.165) is 12.1 Å². The van der Waals surface area contributed by atoms with Crippen LogP contribution in [0.2, 0.25) is 0 Å². The molecule has 0 fully saturated rings. The van der Waals surface area contributed by atoms with Crippen LogP contribution < -0.4 is 0 Å². The zero-order valence-corrected chi connectivity index (χ0v) is 9.27. The van der Waals surface area contributed by atoms with Crippen LogP contribution in [0.3, 0.4) is 0 Å². The Labute approximate surface area is 115 Å². The molecule has 73 valence electrons. The Morgan fingerprint density at radius 1 is 1.07 bits per heavy atom. The van der Waals surface area contributed by atoms with Crippen molar-refractivity contribution in [3.05, 3.63) is 17.7 Å². The summed E-state index contributed by atoms with van der Waals surface area (Å²) in [5.41, 5.74) is -0.289. The molecule has 1 rings (SSSR count). The van der Waals surface area contributed by atoms with Gasteiger partial charge in [-0.15, -0.1) is 0 Å². The first-order valence-corrected chi connectivity index (χ1v) is 3.00. The topological polar surface area (TPSA) is 98.0 Å². The molecule has 1 aromatic carbocycles. The number of carbonyl (C=O) groups is 1. The smallest absolute Gasteiger partial charge is 0.335 e. The van der Waals surface area contributed by atoms with Gasteiger partial charge in [-0.25, -0.2) is 4.79 Å². The van der Waals surface area contributed by atoms with E-state index < -0.39 is 23.2 Å². The Morgan fingerprint density at radius 2 is 1.43 bits per heavy atom. The van der Waals surface area contributed by atoms with Crippen LogP contribution in [-0.2, 0) is 32.7 Å². The third-order valence-electron chi connectivity index (χ3n) is 1.32. The maximum absolute atomic E-state index is 10.3. The van der Waals surface area contributed by atoms with Crippen molar-refractivity contribution in [2.75, 3.05) is 0 Å². The molecule has 5 nitrogen and oxygen atoms in total. The van der Waals surface area contributed by atoms with Gasteiger partial charge in [0.25, 0.3) is 0 Å². The third-order valence-corrected chi connectivity index (χ3v) is 1.32. The number of carboxylic acid groups (broad SMARTS) is 1. The van der Waals surface area contributed by atoms with E-state index >= 15 is 0 Å². The van der Waals surface area contributed by atoms with Crippen LogP contribution in [0, 0.1) is 0 Å². The third kappa shape index (κ3) is 3.47. The molecule has 0 aliphatic rings. The Bertz CT molecular complexity index is 318. The molecule has 1 radical (unpaired) electrons. The minimum atomic E-state index is -1.29. The molecule has 0 heterocycles. The van der Waals surface area contributed by atoms with Gasteiger partial charge in [0.2, 0.25) is 0 Å². The van der Waals surface area contributed by atoms with Crippen LogP contribution in [-0.4, -0.2) is 43.8 Å². The predicted octanol–water partition coefficient (Wildman–Crippen LogP) is -0.685. The minimum Gasteiger partial charge on any atom is -0.504 e. The molecule has 0 aliphatic heterocycles. The number of phenols is 3. The SMILES string of the molecule is O=C(O)c1cc(O)c(O)c(O)c1.[AlH3].[Y]. The van der Waals surface area contributed by atoms with E-state index in [4.69, 9.17) is 20.4 Å². The molecular formula is C7H9AlO5Y. The van der Waals surface area contributed by atoms with Gasteiger partial charge < -0.3 is 20.4 Å². The largest absolute Gasteiger partial charge is 0.504 e. The number of aromatic carboxylic acids is 1. The molecule has 7 heteroatoms. The van der Waals surface area contributed by atoms with Crippen molar-refractivity contribution in [2.24, 2.45) is 0 Å². The summed E-state index contributed by atoms with van der Waals surface area (Å²) in [6, 6.07) is 1.69. The molecule has 0 aliphatic carbocycles. The maximum atomic E-state index is 10.3. The Morgan fingerprint density at radius 3 is 1.71 bits per heavy atom. The zero-order valence-electron chi connectivity index (χ0n) is 6.43. The monoisotopic (exact) mass is 289 g/mol. The summed E-state index contributed by atoms with van der Waals surface area (Å²) in [5.74, 6) is -3.33. The molecular weight excluding hydrogens is 280 g/mol. The van der Waals surface area contributed by atoms with Crippen molar-refractivity contribution >= 4 is 23.3 Å². The molecule has 4 N–H and O–H groups in total. The Balaban J connectivity index is 0. The van der Waals surface area contributed by atoms with Gasteiger partial charge in [0.15, 0.2) is 34.6 Å². The standard InChI is InChI=1S/C7H6O5.Al.Y.3H/c8-4-1-3(7(11)12)2-5(9)6(4)10;;;;;/h1-2,8-10H,(H,11,12);;;;;. The van der Waals surface area contributed by atoms with Crippen LogP contribution in [0.25, 0.3) is 0 Å². The van der Waals surface area contributed by atoms with Gasteiger partial charge >= 0.3 is 5.97 Å². The van der Waals surface area contributed by atoms with Crippen LogP contribution in [0.4, 0.5) is 0 Å². The van der Waals surface area contributed by atoms with E-state index in [1.165, 1.54) is 0 Å². The van der Waals surface area contributed by atoms with Gasteiger partial charge in [0, 0.05) is 32.7 Å². The van der Waals surface area contributed by atoms with E-state index in [1.807, 2.05) is 0 Å². The van der Waals surface area contributed by atoms with Gasteiger partial charge in [-0.2, -0.15) is 0 Å². The molecule has 0 aromatic heterocycles. The van der Waals surface area contributed by atoms with Crippen LogP contribution in [0.15, 0.2) is 12.1 Å². The van der Waals surface area contributed by atoms with Crippen molar-refractivity contribution in [2.45, 2.75) is 0 Å². The van der Waals surface area contributed by atoms with Gasteiger partial charge in [-0.05, 0) is 12.1 Å². The predicted molar refractivity (Wildman–Crippen MR) is 48.3 cm³/mol. The van der Waals surface area contributed by atoms with Crippen LogP contribution in [0.5, 0.6) is 17.2 Å². The second-order valence-corrected chi connectivity index (χ2v) is 2.17. The summed E-state index contributed by atoms with van der Waals surface area (Å²) in [6.45, 7) is 0. The molecule has 0 saturated heterocycles. The number of rotatable bonds is 1. The Kier molecular flexibility index (Phi) is 7.22. The van der Waals surface area contributed by atoms with Crippen LogP contribution in [0.1, 0.15) is 10.4 Å². The van der Waals surface area contributed by atoms with Crippen molar-refractivity contribution in [3.63, 3.8) is 0 Å². The second-order valence-electron chi connectivity index (χ2n) is 2.17.